The van der Waals surface area contributed by atoms with Crippen LogP contribution in [-0.2, 0) is 6.54 Å². The number of nitrogens with one attached hydrogen (secondary N) is 1. The van der Waals surface area contributed by atoms with Gasteiger partial charge in [0.2, 0.25) is 0 Å². The van der Waals surface area contributed by atoms with E-state index in [9.17, 15) is 14.3 Å². The summed E-state index contributed by atoms with van der Waals surface area (Å²) in [6, 6.07) is 26.6. The van der Waals surface area contributed by atoms with Gasteiger partial charge in [-0.1, -0.05) is 48.0 Å². The normalized spacial score (nSPS) is 21.4. The summed E-state index contributed by atoms with van der Waals surface area (Å²) in [5.41, 5.74) is 8.14. The molecule has 0 bridgehead atoms. The molecule has 2 saturated heterocycles. The van der Waals surface area contributed by atoms with Gasteiger partial charge in [-0.05, 0) is 72.7 Å². The number of aryl methyl sites for hydroxylation is 1. The molecule has 4 aliphatic rings. The van der Waals surface area contributed by atoms with Gasteiger partial charge in [-0.15, -0.1) is 0 Å². The zero-order valence-electron chi connectivity index (χ0n) is 27.5. The van der Waals surface area contributed by atoms with Crippen LogP contribution in [0.25, 0.3) is 0 Å². The molecule has 8 rings (SSSR count). The smallest absolute Gasteiger partial charge is 0.252 e. The van der Waals surface area contributed by atoms with Gasteiger partial charge in [0, 0.05) is 87.1 Å². The number of hydrogen-bond acceptors (Lipinski definition) is 6. The largest absolute Gasteiger partial charge is 0.508 e. The Kier molecular flexibility index (Phi) is 8.20. The molecule has 0 aliphatic carbocycles. The van der Waals surface area contributed by atoms with Crippen molar-refractivity contribution >= 4 is 17.3 Å². The third-order valence-corrected chi connectivity index (χ3v) is 10.9. The van der Waals surface area contributed by atoms with Gasteiger partial charge in [-0.25, -0.2) is 4.39 Å². The van der Waals surface area contributed by atoms with E-state index in [0.29, 0.717) is 30.3 Å². The first-order chi connectivity index (χ1) is 23.4. The van der Waals surface area contributed by atoms with Crippen LogP contribution < -0.4 is 19.9 Å². The number of carbonyl (C=O) groups excluding carboxylic acids is 1. The molecule has 4 heterocycles. The van der Waals surface area contributed by atoms with Gasteiger partial charge in [-0.3, -0.25) is 9.69 Å². The lowest BCUT2D eigenvalue weighted by molar-refractivity contribution is 0.0965. The average Bonchev–Trinajstić information content (AvgIpc) is 3.47. The predicted octanol–water partition coefficient (Wildman–Crippen LogP) is 6.43. The number of anilines is 2. The average molecular weight is 647 g/mol. The van der Waals surface area contributed by atoms with Crippen molar-refractivity contribution in [2.75, 3.05) is 62.2 Å². The second kappa shape index (κ2) is 12.8. The summed E-state index contributed by atoms with van der Waals surface area (Å²) in [6.45, 7) is 9.80. The molecule has 248 valence electrons. The summed E-state index contributed by atoms with van der Waals surface area (Å²) in [7, 11) is 0. The van der Waals surface area contributed by atoms with Crippen LogP contribution >= 0.6 is 0 Å². The number of piperidine rings is 1. The summed E-state index contributed by atoms with van der Waals surface area (Å²) < 4.78 is 21.1. The number of piperazine rings is 1. The molecule has 0 radical (unpaired) electrons. The molecule has 7 nitrogen and oxygen atoms in total. The highest BCUT2D eigenvalue weighted by molar-refractivity contribution is 5.98. The summed E-state index contributed by atoms with van der Waals surface area (Å²) in [5, 5.41) is 12.9. The van der Waals surface area contributed by atoms with Crippen molar-refractivity contribution in [3.8, 4) is 11.5 Å². The number of amides is 1. The van der Waals surface area contributed by atoms with Crippen molar-refractivity contribution in [2.45, 2.75) is 38.1 Å². The first kappa shape index (κ1) is 30.8. The van der Waals surface area contributed by atoms with Gasteiger partial charge < -0.3 is 25.0 Å². The molecule has 2 N–H and O–H groups in total. The van der Waals surface area contributed by atoms with Gasteiger partial charge in [0.15, 0.2) is 0 Å². The van der Waals surface area contributed by atoms with Gasteiger partial charge in [0.1, 0.15) is 17.3 Å². The van der Waals surface area contributed by atoms with E-state index >= 15 is 0 Å². The summed E-state index contributed by atoms with van der Waals surface area (Å²) in [6.07, 6.45) is 2.32. The highest BCUT2D eigenvalue weighted by Gasteiger charge is 2.34. The molecular formula is C40H43FN4O3. The van der Waals surface area contributed by atoms with Crippen molar-refractivity contribution in [1.29, 1.82) is 0 Å². The maximum atomic E-state index is 14.9. The molecule has 4 aromatic rings. The van der Waals surface area contributed by atoms with E-state index in [1.54, 1.807) is 12.1 Å². The van der Waals surface area contributed by atoms with E-state index in [-0.39, 0.29) is 29.3 Å². The number of aromatic hydroxyl groups is 1. The van der Waals surface area contributed by atoms with Crippen molar-refractivity contribution in [3.05, 3.63) is 118 Å². The van der Waals surface area contributed by atoms with E-state index in [1.807, 2.05) is 12.1 Å². The maximum absolute atomic E-state index is 14.9. The number of rotatable bonds is 6. The molecule has 2 unspecified atom stereocenters. The molecule has 4 aromatic carbocycles. The molecule has 2 atom stereocenters. The zero-order chi connectivity index (χ0) is 32.8. The number of benzene rings is 4. The van der Waals surface area contributed by atoms with Crippen LogP contribution in [-0.4, -0.2) is 68.3 Å². The molecule has 0 aromatic heterocycles. The van der Waals surface area contributed by atoms with Crippen LogP contribution in [0.3, 0.4) is 0 Å². The Morgan fingerprint density at radius 3 is 2.44 bits per heavy atom. The number of hydrogen-bond donors (Lipinski definition) is 2. The Bertz CT molecular complexity index is 1810. The Hall–Kier alpha value is -4.56. The van der Waals surface area contributed by atoms with Crippen LogP contribution in [0.5, 0.6) is 11.5 Å². The lowest BCUT2D eigenvalue weighted by atomic mass is 9.75. The van der Waals surface area contributed by atoms with E-state index in [4.69, 9.17) is 4.74 Å². The van der Waals surface area contributed by atoms with Crippen LogP contribution in [0, 0.1) is 18.7 Å². The number of fused-ring (bicyclic) bond motifs is 2. The third-order valence-electron chi connectivity index (χ3n) is 10.9. The second-order valence-electron chi connectivity index (χ2n) is 14.0. The van der Waals surface area contributed by atoms with Crippen LogP contribution in [0.4, 0.5) is 15.8 Å². The fraction of sp³-hybridized carbons (Fsp3) is 0.375. The first-order valence-electron chi connectivity index (χ1n) is 17.3. The molecule has 1 amide bonds. The van der Waals surface area contributed by atoms with E-state index in [2.05, 4.69) is 75.5 Å². The monoisotopic (exact) mass is 646 g/mol. The molecule has 8 heteroatoms. The molecule has 0 saturated carbocycles. The highest BCUT2D eigenvalue weighted by Crippen LogP contribution is 2.47. The molecule has 0 spiro atoms. The van der Waals surface area contributed by atoms with Crippen LogP contribution in [0.2, 0.25) is 0 Å². The Morgan fingerprint density at radius 2 is 1.67 bits per heavy atom. The number of ether oxygens (including phenoxy) is 1. The molecule has 2 fully saturated rings. The Balaban J connectivity index is 0.887. The molecule has 48 heavy (non-hydrogen) atoms. The minimum absolute atomic E-state index is 0.136. The second-order valence-corrected chi connectivity index (χ2v) is 14.0. The van der Waals surface area contributed by atoms with Crippen molar-refractivity contribution < 1.29 is 19.0 Å². The number of phenols is 1. The van der Waals surface area contributed by atoms with Crippen LogP contribution in [0.1, 0.15) is 62.9 Å². The van der Waals surface area contributed by atoms with Gasteiger partial charge in [0.25, 0.3) is 5.91 Å². The van der Waals surface area contributed by atoms with E-state index < -0.39 is 0 Å². The standard InChI is InChI=1S/C40H43FN4O3/c1-26-3-2-4-29(19-26)35-25-48-38-21-32(46)9-10-33(38)39(35)28-5-7-31(8-6-28)44-13-11-27(12-14-44)24-43-15-17-45(18-16-43)37-20-30-23-42-40(47)34(30)22-36(37)41/h2-10,19-22,27,35,39,46H,11-18,23-25H2,1H3,(H,42,47). The molecule has 4 aliphatic heterocycles. The van der Waals surface area contributed by atoms with Gasteiger partial charge in [0.05, 0.1) is 12.3 Å². The quantitative estimate of drug-likeness (QED) is 0.252. The SMILES string of the molecule is Cc1cccc(C2COc3cc(O)ccc3C2c2ccc(N3CCC(CN4CCN(c5cc6c(cc5F)C(=O)NC6)CC4)CC3)cc2)c1. The highest BCUT2D eigenvalue weighted by atomic mass is 19.1. The lowest BCUT2D eigenvalue weighted by Crippen LogP contribution is -2.49. The third kappa shape index (κ3) is 5.98. The minimum Gasteiger partial charge on any atom is -0.508 e. The summed E-state index contributed by atoms with van der Waals surface area (Å²) in [4.78, 5) is 19.1. The van der Waals surface area contributed by atoms with Gasteiger partial charge >= 0.3 is 0 Å². The summed E-state index contributed by atoms with van der Waals surface area (Å²) >= 11 is 0. The predicted molar refractivity (Wildman–Crippen MR) is 187 cm³/mol. The Morgan fingerprint density at radius 1 is 0.875 bits per heavy atom. The number of halogens is 1. The first-order valence-corrected chi connectivity index (χ1v) is 17.3. The lowest BCUT2D eigenvalue weighted by Gasteiger charge is -2.40. The molecular weight excluding hydrogens is 603 g/mol. The van der Waals surface area contributed by atoms with E-state index in [0.717, 1.165) is 75.5 Å². The van der Waals surface area contributed by atoms with Crippen molar-refractivity contribution in [1.82, 2.24) is 10.2 Å². The number of carbonyl (C=O) groups is 1. The fourth-order valence-electron chi connectivity index (χ4n) is 8.28. The Labute approximate surface area is 281 Å². The van der Waals surface area contributed by atoms with Crippen LogP contribution in [0.15, 0.2) is 78.9 Å². The number of phenolic OH excluding ortho intramolecular Hbond substituents is 1. The fourth-order valence-corrected chi connectivity index (χ4v) is 8.28. The maximum Gasteiger partial charge on any atom is 0.252 e. The van der Waals surface area contributed by atoms with E-state index in [1.165, 1.54) is 28.4 Å². The minimum atomic E-state index is -0.302. The van der Waals surface area contributed by atoms with Crippen molar-refractivity contribution in [2.24, 2.45) is 5.92 Å². The van der Waals surface area contributed by atoms with Crippen molar-refractivity contribution in [3.63, 3.8) is 0 Å². The topological polar surface area (TPSA) is 68.3 Å². The number of nitrogens with zero attached hydrogens (tertiary/aromatic N) is 3. The summed E-state index contributed by atoms with van der Waals surface area (Å²) in [5.74, 6) is 1.49. The van der Waals surface area contributed by atoms with Gasteiger partial charge in [-0.2, -0.15) is 0 Å². The zero-order valence-corrected chi connectivity index (χ0v) is 27.5.